The number of nitrogens with one attached hydrogen (secondary N) is 1. The second-order valence-electron chi connectivity index (χ2n) is 5.57. The molecule has 0 unspecified atom stereocenters. The molecular weight excluding hydrogens is 276 g/mol. The van der Waals surface area contributed by atoms with Crippen molar-refractivity contribution in [3.63, 3.8) is 0 Å². The highest BCUT2D eigenvalue weighted by molar-refractivity contribution is 7.88. The van der Waals surface area contributed by atoms with Crippen LogP contribution in [0.3, 0.4) is 0 Å². The lowest BCUT2D eigenvalue weighted by Gasteiger charge is -2.15. The summed E-state index contributed by atoms with van der Waals surface area (Å²) in [6.45, 7) is 2.67. The molecule has 6 heteroatoms. The van der Waals surface area contributed by atoms with Gasteiger partial charge in [0.2, 0.25) is 10.0 Å². The fourth-order valence-corrected chi connectivity index (χ4v) is 3.97. The van der Waals surface area contributed by atoms with Gasteiger partial charge >= 0.3 is 0 Å². The SMILES string of the molecule is Cc1ccc(CS(=O)(=O)N[C@@H]2C[C@@H](CO)N(C)C2)cc1. The molecule has 0 aromatic heterocycles. The topological polar surface area (TPSA) is 69.6 Å². The van der Waals surface area contributed by atoms with Crippen molar-refractivity contribution in [2.75, 3.05) is 20.2 Å². The number of aliphatic hydroxyl groups excluding tert-OH is 1. The van der Waals surface area contributed by atoms with Crippen molar-refractivity contribution in [3.8, 4) is 0 Å². The summed E-state index contributed by atoms with van der Waals surface area (Å²) in [5.41, 5.74) is 1.90. The molecule has 2 N–H and O–H groups in total. The molecular formula is C14H22N2O3S. The van der Waals surface area contributed by atoms with Crippen molar-refractivity contribution in [2.24, 2.45) is 0 Å². The van der Waals surface area contributed by atoms with Crippen LogP contribution in [-0.2, 0) is 15.8 Å². The maximum absolute atomic E-state index is 12.2. The van der Waals surface area contributed by atoms with Crippen LogP contribution in [0.1, 0.15) is 17.5 Å². The average molecular weight is 298 g/mol. The Morgan fingerprint density at radius 2 is 2.00 bits per heavy atom. The molecule has 5 nitrogen and oxygen atoms in total. The van der Waals surface area contributed by atoms with E-state index in [0.29, 0.717) is 13.0 Å². The Morgan fingerprint density at radius 3 is 2.55 bits per heavy atom. The number of likely N-dealkylation sites (N-methyl/N-ethyl adjacent to an activating group) is 1. The molecule has 1 aliphatic heterocycles. The number of sulfonamides is 1. The van der Waals surface area contributed by atoms with Gasteiger partial charge < -0.3 is 5.11 Å². The van der Waals surface area contributed by atoms with Gasteiger partial charge in [-0.15, -0.1) is 0 Å². The monoisotopic (exact) mass is 298 g/mol. The summed E-state index contributed by atoms with van der Waals surface area (Å²) in [4.78, 5) is 1.99. The molecule has 1 aromatic rings. The normalized spacial score (nSPS) is 24.1. The zero-order chi connectivity index (χ0) is 14.8. The Morgan fingerprint density at radius 1 is 1.35 bits per heavy atom. The zero-order valence-corrected chi connectivity index (χ0v) is 12.7. The Balaban J connectivity index is 1.96. The molecule has 20 heavy (non-hydrogen) atoms. The fourth-order valence-electron chi connectivity index (χ4n) is 2.58. The van der Waals surface area contributed by atoms with Crippen LogP contribution in [0.2, 0.25) is 0 Å². The predicted octanol–water partition coefficient (Wildman–Crippen LogP) is 0.479. The van der Waals surface area contributed by atoms with Crippen molar-refractivity contribution in [2.45, 2.75) is 31.2 Å². The summed E-state index contributed by atoms with van der Waals surface area (Å²) in [7, 11) is -1.45. The highest BCUT2D eigenvalue weighted by Gasteiger charge is 2.31. The summed E-state index contributed by atoms with van der Waals surface area (Å²) >= 11 is 0. The van der Waals surface area contributed by atoms with Crippen molar-refractivity contribution in [3.05, 3.63) is 35.4 Å². The molecule has 1 aromatic carbocycles. The largest absolute Gasteiger partial charge is 0.395 e. The van der Waals surface area contributed by atoms with Gasteiger partial charge in [0.25, 0.3) is 0 Å². The second kappa shape index (κ2) is 6.22. The Bertz CT molecular complexity index is 542. The van der Waals surface area contributed by atoms with E-state index in [4.69, 9.17) is 0 Å². The van der Waals surface area contributed by atoms with E-state index in [-0.39, 0.29) is 24.4 Å². The van der Waals surface area contributed by atoms with Gasteiger partial charge in [-0.05, 0) is 26.0 Å². The highest BCUT2D eigenvalue weighted by Crippen LogP contribution is 2.17. The minimum Gasteiger partial charge on any atom is -0.395 e. The van der Waals surface area contributed by atoms with Crippen molar-refractivity contribution < 1.29 is 13.5 Å². The Kier molecular flexibility index (Phi) is 4.80. The van der Waals surface area contributed by atoms with E-state index in [9.17, 15) is 13.5 Å². The molecule has 0 aliphatic carbocycles. The first-order valence-corrected chi connectivity index (χ1v) is 8.41. The first-order valence-electron chi connectivity index (χ1n) is 6.76. The molecule has 0 amide bonds. The number of benzene rings is 1. The van der Waals surface area contributed by atoms with Gasteiger partial charge in [0.05, 0.1) is 12.4 Å². The van der Waals surface area contributed by atoms with Crippen LogP contribution in [0, 0.1) is 6.92 Å². The first kappa shape index (κ1) is 15.4. The van der Waals surface area contributed by atoms with Crippen LogP contribution < -0.4 is 4.72 Å². The Hall–Kier alpha value is -0.950. The van der Waals surface area contributed by atoms with Gasteiger partial charge in [-0.1, -0.05) is 29.8 Å². The van der Waals surface area contributed by atoms with Crippen LogP contribution in [0.5, 0.6) is 0 Å². The lowest BCUT2D eigenvalue weighted by molar-refractivity contribution is 0.182. The second-order valence-corrected chi connectivity index (χ2v) is 7.33. The predicted molar refractivity (Wildman–Crippen MR) is 78.8 cm³/mol. The third-order valence-corrected chi connectivity index (χ3v) is 5.13. The number of nitrogens with zero attached hydrogens (tertiary/aromatic N) is 1. The molecule has 1 heterocycles. The summed E-state index contributed by atoms with van der Waals surface area (Å²) in [5.74, 6) is -0.00269. The standard InChI is InChI=1S/C14H22N2O3S/c1-11-3-5-12(6-4-11)10-20(18,19)15-13-7-14(9-17)16(2)8-13/h3-6,13-15,17H,7-10H2,1-2H3/t13-,14+/m1/s1. The Labute approximate surface area is 120 Å². The lowest BCUT2D eigenvalue weighted by atomic mass is 10.2. The van der Waals surface area contributed by atoms with Gasteiger partial charge in [0.15, 0.2) is 0 Å². The van der Waals surface area contributed by atoms with E-state index in [0.717, 1.165) is 11.1 Å². The van der Waals surface area contributed by atoms with Crippen LogP contribution in [-0.4, -0.2) is 50.7 Å². The van der Waals surface area contributed by atoms with Crippen molar-refractivity contribution in [1.82, 2.24) is 9.62 Å². The van der Waals surface area contributed by atoms with Crippen LogP contribution in [0.4, 0.5) is 0 Å². The number of rotatable bonds is 5. The van der Waals surface area contributed by atoms with Crippen molar-refractivity contribution >= 4 is 10.0 Å². The van der Waals surface area contributed by atoms with E-state index in [2.05, 4.69) is 4.72 Å². The fraction of sp³-hybridized carbons (Fsp3) is 0.571. The molecule has 0 saturated carbocycles. The van der Waals surface area contributed by atoms with Crippen molar-refractivity contribution in [1.29, 1.82) is 0 Å². The van der Waals surface area contributed by atoms with E-state index in [1.165, 1.54) is 0 Å². The van der Waals surface area contributed by atoms with Crippen LogP contribution >= 0.6 is 0 Å². The summed E-state index contributed by atoms with van der Waals surface area (Å²) in [6.07, 6.45) is 0.653. The summed E-state index contributed by atoms with van der Waals surface area (Å²) < 4.78 is 27.0. The zero-order valence-electron chi connectivity index (χ0n) is 11.9. The van der Waals surface area contributed by atoms with Gasteiger partial charge in [0.1, 0.15) is 0 Å². The minimum atomic E-state index is -3.34. The van der Waals surface area contributed by atoms with E-state index >= 15 is 0 Å². The van der Waals surface area contributed by atoms with E-state index in [1.807, 2.05) is 43.1 Å². The molecule has 112 valence electrons. The minimum absolute atomic E-state index is 0.00269. The third kappa shape index (κ3) is 4.02. The smallest absolute Gasteiger partial charge is 0.216 e. The maximum Gasteiger partial charge on any atom is 0.216 e. The highest BCUT2D eigenvalue weighted by atomic mass is 32.2. The van der Waals surface area contributed by atoms with Gasteiger partial charge in [-0.25, -0.2) is 13.1 Å². The molecule has 1 aliphatic rings. The average Bonchev–Trinajstić information content (AvgIpc) is 2.71. The van der Waals surface area contributed by atoms with Crippen LogP contribution in [0.25, 0.3) is 0 Å². The molecule has 2 atom stereocenters. The molecule has 0 bridgehead atoms. The number of hydrogen-bond donors (Lipinski definition) is 2. The maximum atomic E-state index is 12.2. The number of hydrogen-bond acceptors (Lipinski definition) is 4. The summed E-state index contributed by atoms with van der Waals surface area (Å²) in [5, 5.41) is 9.19. The lowest BCUT2D eigenvalue weighted by Crippen LogP contribution is -2.37. The van der Waals surface area contributed by atoms with E-state index in [1.54, 1.807) is 0 Å². The number of aryl methyl sites for hydroxylation is 1. The van der Waals surface area contributed by atoms with Crippen LogP contribution in [0.15, 0.2) is 24.3 Å². The molecule has 1 fully saturated rings. The van der Waals surface area contributed by atoms with Gasteiger partial charge in [-0.2, -0.15) is 0 Å². The summed E-state index contributed by atoms with van der Waals surface area (Å²) in [6, 6.07) is 7.43. The third-order valence-electron chi connectivity index (χ3n) is 3.72. The van der Waals surface area contributed by atoms with Gasteiger partial charge in [-0.3, -0.25) is 4.90 Å². The number of likely N-dealkylation sites (tertiary alicyclic amines) is 1. The first-order chi connectivity index (χ1) is 9.39. The molecule has 2 rings (SSSR count). The number of aliphatic hydroxyl groups is 1. The molecule has 1 saturated heterocycles. The van der Waals surface area contributed by atoms with Gasteiger partial charge in [0, 0.05) is 18.6 Å². The van der Waals surface area contributed by atoms with E-state index < -0.39 is 10.0 Å². The molecule has 0 spiro atoms. The quantitative estimate of drug-likeness (QED) is 0.829. The molecule has 0 radical (unpaired) electrons.